The molecule has 27 heavy (non-hydrogen) atoms. The van der Waals surface area contributed by atoms with Gasteiger partial charge in [0.1, 0.15) is 6.10 Å². The normalized spacial score (nSPS) is 15.1. The number of aliphatic imine (C=N–C) groups is 1. The first-order valence-electron chi connectivity index (χ1n) is 9.76. The molecule has 2 aromatic rings. The molecule has 1 aliphatic carbocycles. The molecule has 0 saturated heterocycles. The Kier molecular flexibility index (Phi) is 7.45. The van der Waals surface area contributed by atoms with E-state index in [0.717, 1.165) is 54.6 Å². The van der Waals surface area contributed by atoms with E-state index in [-0.39, 0.29) is 0 Å². The molecule has 2 heterocycles. The lowest BCUT2D eigenvalue weighted by atomic mass is 10.2. The van der Waals surface area contributed by atoms with Gasteiger partial charge in [0, 0.05) is 49.9 Å². The quantitative estimate of drug-likeness (QED) is 0.537. The van der Waals surface area contributed by atoms with Crippen LogP contribution in [0.4, 0.5) is 0 Å². The van der Waals surface area contributed by atoms with E-state index in [0.29, 0.717) is 12.6 Å². The van der Waals surface area contributed by atoms with Gasteiger partial charge in [-0.05, 0) is 43.7 Å². The van der Waals surface area contributed by atoms with Crippen molar-refractivity contribution >= 4 is 17.3 Å². The molecule has 1 aliphatic rings. The van der Waals surface area contributed by atoms with Gasteiger partial charge in [-0.3, -0.25) is 4.99 Å². The van der Waals surface area contributed by atoms with Gasteiger partial charge in [-0.15, -0.1) is 11.3 Å². The number of aromatic nitrogens is 2. The summed E-state index contributed by atoms with van der Waals surface area (Å²) in [6, 6.07) is 4.02. The molecule has 0 radical (unpaired) electrons. The van der Waals surface area contributed by atoms with Crippen LogP contribution in [-0.4, -0.2) is 35.6 Å². The number of aryl methyl sites for hydroxylation is 1. The first kappa shape index (κ1) is 19.6. The molecule has 0 bridgehead atoms. The lowest BCUT2D eigenvalue weighted by molar-refractivity contribution is 0.201. The molecule has 7 heteroatoms. The molecule has 0 atom stereocenters. The van der Waals surface area contributed by atoms with Crippen molar-refractivity contribution in [3.05, 3.63) is 40.0 Å². The Bertz CT molecular complexity index is 739. The molecule has 2 aromatic heterocycles. The van der Waals surface area contributed by atoms with Crippen LogP contribution in [0.1, 0.15) is 48.1 Å². The highest BCUT2D eigenvalue weighted by molar-refractivity contribution is 7.11. The monoisotopic (exact) mass is 387 g/mol. The summed E-state index contributed by atoms with van der Waals surface area (Å²) in [5.41, 5.74) is 1.13. The molecular weight excluding hydrogens is 358 g/mol. The number of guanidine groups is 1. The average Bonchev–Trinajstić information content (AvgIpc) is 3.36. The fourth-order valence-electron chi connectivity index (χ4n) is 3.12. The van der Waals surface area contributed by atoms with Gasteiger partial charge in [0.15, 0.2) is 5.96 Å². The lowest BCUT2D eigenvalue weighted by Crippen LogP contribution is -2.37. The van der Waals surface area contributed by atoms with Crippen molar-refractivity contribution < 1.29 is 4.74 Å². The van der Waals surface area contributed by atoms with E-state index < -0.39 is 0 Å². The molecule has 0 aromatic carbocycles. The van der Waals surface area contributed by atoms with Gasteiger partial charge < -0.3 is 15.4 Å². The summed E-state index contributed by atoms with van der Waals surface area (Å²) in [4.78, 5) is 14.4. The molecule has 0 aliphatic heterocycles. The maximum absolute atomic E-state index is 5.98. The maximum Gasteiger partial charge on any atom is 0.213 e. The minimum Gasteiger partial charge on any atom is -0.474 e. The van der Waals surface area contributed by atoms with Crippen molar-refractivity contribution in [2.45, 2.75) is 58.1 Å². The van der Waals surface area contributed by atoms with E-state index in [1.165, 1.54) is 17.7 Å². The number of pyridine rings is 1. The topological polar surface area (TPSA) is 71.4 Å². The maximum atomic E-state index is 5.98. The highest BCUT2D eigenvalue weighted by Gasteiger charge is 2.17. The minimum absolute atomic E-state index is 0.328. The van der Waals surface area contributed by atoms with Crippen molar-refractivity contribution in [3.63, 3.8) is 0 Å². The highest BCUT2D eigenvalue weighted by Crippen LogP contribution is 2.23. The molecule has 1 saturated carbocycles. The Balaban J connectivity index is 1.43. The summed E-state index contributed by atoms with van der Waals surface area (Å²) >= 11 is 1.78. The smallest absolute Gasteiger partial charge is 0.213 e. The van der Waals surface area contributed by atoms with E-state index in [1.807, 2.05) is 24.5 Å². The van der Waals surface area contributed by atoms with Crippen LogP contribution >= 0.6 is 11.3 Å². The van der Waals surface area contributed by atoms with E-state index in [1.54, 1.807) is 18.4 Å². The predicted octanol–water partition coefficient (Wildman–Crippen LogP) is 3.33. The number of thiazole rings is 1. The Morgan fingerprint density at radius 2 is 2.15 bits per heavy atom. The molecule has 0 unspecified atom stereocenters. The van der Waals surface area contributed by atoms with Gasteiger partial charge in [-0.25, -0.2) is 9.97 Å². The number of rotatable bonds is 8. The van der Waals surface area contributed by atoms with Gasteiger partial charge in [-0.2, -0.15) is 0 Å². The van der Waals surface area contributed by atoms with E-state index in [9.17, 15) is 0 Å². The summed E-state index contributed by atoms with van der Waals surface area (Å²) in [6.45, 7) is 3.65. The SMILES string of the molecule is CCc1cnc(CCNC(=NC)NCc2ccnc(OC3CCCC3)c2)s1. The minimum atomic E-state index is 0.328. The average molecular weight is 388 g/mol. The summed E-state index contributed by atoms with van der Waals surface area (Å²) in [7, 11) is 1.79. The predicted molar refractivity (Wildman–Crippen MR) is 111 cm³/mol. The van der Waals surface area contributed by atoms with Crippen molar-refractivity contribution in [1.29, 1.82) is 0 Å². The van der Waals surface area contributed by atoms with Crippen LogP contribution in [0, 0.1) is 0 Å². The third kappa shape index (κ3) is 6.20. The highest BCUT2D eigenvalue weighted by atomic mass is 32.1. The second-order valence-corrected chi connectivity index (χ2v) is 7.90. The second kappa shape index (κ2) is 10.3. The molecule has 1 fully saturated rings. The Hall–Kier alpha value is -2.15. The van der Waals surface area contributed by atoms with Crippen LogP contribution in [0.5, 0.6) is 5.88 Å². The largest absolute Gasteiger partial charge is 0.474 e. The second-order valence-electron chi connectivity index (χ2n) is 6.70. The summed E-state index contributed by atoms with van der Waals surface area (Å²) in [5.74, 6) is 1.51. The van der Waals surface area contributed by atoms with Crippen LogP contribution in [0.2, 0.25) is 0 Å². The van der Waals surface area contributed by atoms with Gasteiger partial charge in [-0.1, -0.05) is 6.92 Å². The number of hydrogen-bond acceptors (Lipinski definition) is 5. The molecule has 2 N–H and O–H groups in total. The summed E-state index contributed by atoms with van der Waals surface area (Å²) < 4.78 is 5.98. The molecule has 6 nitrogen and oxygen atoms in total. The van der Waals surface area contributed by atoms with Crippen LogP contribution in [0.3, 0.4) is 0 Å². The third-order valence-corrected chi connectivity index (χ3v) is 5.86. The zero-order valence-electron chi connectivity index (χ0n) is 16.2. The van der Waals surface area contributed by atoms with Gasteiger partial charge in [0.2, 0.25) is 5.88 Å². The molecule has 0 spiro atoms. The summed E-state index contributed by atoms with van der Waals surface area (Å²) in [6.07, 6.45) is 10.9. The molecular formula is C20H29N5OS. The van der Waals surface area contributed by atoms with E-state index in [4.69, 9.17) is 4.74 Å². The molecule has 146 valence electrons. The fraction of sp³-hybridized carbons (Fsp3) is 0.550. The first-order chi connectivity index (χ1) is 13.3. The lowest BCUT2D eigenvalue weighted by Gasteiger charge is -2.14. The van der Waals surface area contributed by atoms with Crippen molar-refractivity contribution in [3.8, 4) is 5.88 Å². The standard InChI is InChI=1S/C20H29N5OS/c1-3-17-14-24-19(27-17)9-11-23-20(21-2)25-13-15-8-10-22-18(12-15)26-16-6-4-5-7-16/h8,10,12,14,16H,3-7,9,11,13H2,1-2H3,(H2,21,23,25). The number of nitrogens with one attached hydrogen (secondary N) is 2. The van der Waals surface area contributed by atoms with Gasteiger partial charge in [0.05, 0.1) is 5.01 Å². The zero-order chi connectivity index (χ0) is 18.9. The zero-order valence-corrected chi connectivity index (χ0v) is 17.0. The number of hydrogen-bond donors (Lipinski definition) is 2. The third-order valence-electron chi connectivity index (χ3n) is 4.65. The van der Waals surface area contributed by atoms with Crippen molar-refractivity contribution in [2.24, 2.45) is 4.99 Å². The fourth-order valence-corrected chi connectivity index (χ4v) is 3.99. The molecule has 0 amide bonds. The van der Waals surface area contributed by atoms with Gasteiger partial charge >= 0.3 is 0 Å². The van der Waals surface area contributed by atoms with Crippen molar-refractivity contribution in [1.82, 2.24) is 20.6 Å². The Morgan fingerprint density at radius 1 is 1.30 bits per heavy atom. The van der Waals surface area contributed by atoms with Crippen LogP contribution in [0.25, 0.3) is 0 Å². The number of ether oxygens (including phenoxy) is 1. The number of nitrogens with zero attached hydrogens (tertiary/aromatic N) is 3. The first-order valence-corrected chi connectivity index (χ1v) is 10.6. The van der Waals surface area contributed by atoms with Crippen LogP contribution in [0.15, 0.2) is 29.5 Å². The van der Waals surface area contributed by atoms with Crippen LogP contribution in [-0.2, 0) is 19.4 Å². The van der Waals surface area contributed by atoms with Crippen molar-refractivity contribution in [2.75, 3.05) is 13.6 Å². The van der Waals surface area contributed by atoms with Crippen LogP contribution < -0.4 is 15.4 Å². The Labute approximate surface area is 165 Å². The summed E-state index contributed by atoms with van der Waals surface area (Å²) in [5, 5.41) is 7.86. The van der Waals surface area contributed by atoms with E-state index in [2.05, 4.69) is 32.5 Å². The molecule has 3 rings (SSSR count). The van der Waals surface area contributed by atoms with E-state index >= 15 is 0 Å². The Morgan fingerprint density at radius 3 is 2.89 bits per heavy atom. The van der Waals surface area contributed by atoms with Gasteiger partial charge in [0.25, 0.3) is 0 Å².